The van der Waals surface area contributed by atoms with E-state index in [1.54, 1.807) is 24.3 Å². The summed E-state index contributed by atoms with van der Waals surface area (Å²) >= 11 is 0.750. The summed E-state index contributed by atoms with van der Waals surface area (Å²) in [5.41, 5.74) is 5.65. The first kappa shape index (κ1) is 18.5. The molecule has 1 saturated heterocycles. The van der Waals surface area contributed by atoms with Gasteiger partial charge in [0.05, 0.1) is 12.0 Å². The van der Waals surface area contributed by atoms with Crippen LogP contribution in [0.5, 0.6) is 5.75 Å². The second kappa shape index (κ2) is 7.84. The molecule has 1 aliphatic heterocycles. The van der Waals surface area contributed by atoms with Gasteiger partial charge in [0.15, 0.2) is 6.61 Å². The van der Waals surface area contributed by atoms with Crippen LogP contribution >= 0.6 is 11.8 Å². The number of carbonyl (C=O) groups is 4. The first-order valence-corrected chi connectivity index (χ1v) is 8.01. The van der Waals surface area contributed by atoms with Gasteiger partial charge in [0.1, 0.15) is 11.8 Å². The average molecular weight is 364 g/mol. The number of amides is 3. The molecular formula is C16H16N2O6S. The molecule has 1 aromatic rings. The number of esters is 1. The molecule has 2 rings (SSSR count). The molecule has 0 bridgehead atoms. The summed E-state index contributed by atoms with van der Waals surface area (Å²) in [7, 11) is 1.19. The van der Waals surface area contributed by atoms with E-state index < -0.39 is 29.1 Å². The van der Waals surface area contributed by atoms with Crippen molar-refractivity contribution in [3.8, 4) is 5.75 Å². The van der Waals surface area contributed by atoms with Crippen LogP contribution in [0.2, 0.25) is 0 Å². The highest BCUT2D eigenvalue weighted by molar-refractivity contribution is 8.18. The molecule has 1 fully saturated rings. The molecule has 25 heavy (non-hydrogen) atoms. The number of nitrogens with two attached hydrogens (primary N) is 1. The van der Waals surface area contributed by atoms with Crippen molar-refractivity contribution in [3.63, 3.8) is 0 Å². The summed E-state index contributed by atoms with van der Waals surface area (Å²) < 4.78 is 9.70. The van der Waals surface area contributed by atoms with Crippen molar-refractivity contribution in [1.82, 2.24) is 4.90 Å². The number of carbonyl (C=O) groups excluding carboxylic acids is 4. The monoisotopic (exact) mass is 364 g/mol. The van der Waals surface area contributed by atoms with Crippen LogP contribution in [-0.4, -0.2) is 47.7 Å². The summed E-state index contributed by atoms with van der Waals surface area (Å²) in [6, 6.07) is 5.54. The molecule has 132 valence electrons. The zero-order valence-electron chi connectivity index (χ0n) is 13.6. The van der Waals surface area contributed by atoms with Gasteiger partial charge in [0.25, 0.3) is 17.1 Å². The standard InChI is InChI=1S/C16H16N2O6S/c1-9(15(21)23-2)18-14(20)12(25-16(18)22)7-10-3-5-11(6-4-10)24-8-13(17)19/h3-7,9H,8H2,1-2H3,(H2,17,19)/b12-7+/t9-/m1/s1. The molecule has 8 nitrogen and oxygen atoms in total. The van der Waals surface area contributed by atoms with Crippen LogP contribution in [0.25, 0.3) is 6.08 Å². The molecule has 3 amide bonds. The summed E-state index contributed by atoms with van der Waals surface area (Å²) in [6.45, 7) is 1.19. The van der Waals surface area contributed by atoms with Crippen molar-refractivity contribution in [1.29, 1.82) is 0 Å². The average Bonchev–Trinajstić information content (AvgIpc) is 2.86. The zero-order valence-corrected chi connectivity index (χ0v) is 14.4. The Morgan fingerprint density at radius 2 is 1.92 bits per heavy atom. The lowest BCUT2D eigenvalue weighted by molar-refractivity contribution is -0.148. The number of benzene rings is 1. The summed E-state index contributed by atoms with van der Waals surface area (Å²) in [4.78, 5) is 47.7. The molecule has 1 aliphatic rings. The maximum absolute atomic E-state index is 12.4. The Labute approximate surface area is 147 Å². The zero-order chi connectivity index (χ0) is 18.6. The second-order valence-electron chi connectivity index (χ2n) is 5.07. The molecule has 1 heterocycles. The lowest BCUT2D eigenvalue weighted by atomic mass is 10.2. The van der Waals surface area contributed by atoms with Crippen molar-refractivity contribution in [2.45, 2.75) is 13.0 Å². The minimum Gasteiger partial charge on any atom is -0.484 e. The van der Waals surface area contributed by atoms with Gasteiger partial charge in [-0.05, 0) is 42.5 Å². The van der Waals surface area contributed by atoms with E-state index in [9.17, 15) is 19.2 Å². The van der Waals surface area contributed by atoms with E-state index in [1.807, 2.05) is 0 Å². The minimum absolute atomic E-state index is 0.201. The fraction of sp³-hybridized carbons (Fsp3) is 0.250. The van der Waals surface area contributed by atoms with Gasteiger partial charge < -0.3 is 15.2 Å². The smallest absolute Gasteiger partial charge is 0.328 e. The van der Waals surface area contributed by atoms with E-state index in [4.69, 9.17) is 10.5 Å². The third-order valence-electron chi connectivity index (χ3n) is 3.31. The van der Waals surface area contributed by atoms with Crippen molar-refractivity contribution < 1.29 is 28.7 Å². The van der Waals surface area contributed by atoms with Gasteiger partial charge in [-0.15, -0.1) is 0 Å². The van der Waals surface area contributed by atoms with Crippen molar-refractivity contribution in [3.05, 3.63) is 34.7 Å². The Balaban J connectivity index is 2.13. The SMILES string of the molecule is COC(=O)[C@@H](C)N1C(=O)S/C(=C/c2ccc(OCC(N)=O)cc2)C1=O. The lowest BCUT2D eigenvalue weighted by Gasteiger charge is -2.18. The Morgan fingerprint density at radius 1 is 1.28 bits per heavy atom. The first-order valence-electron chi connectivity index (χ1n) is 7.19. The molecule has 1 aromatic carbocycles. The number of rotatable bonds is 6. The van der Waals surface area contributed by atoms with Gasteiger partial charge in [0.2, 0.25) is 0 Å². The predicted molar refractivity (Wildman–Crippen MR) is 90.4 cm³/mol. The maximum atomic E-state index is 12.4. The van der Waals surface area contributed by atoms with Crippen molar-refractivity contribution >= 4 is 40.9 Å². The van der Waals surface area contributed by atoms with Crippen LogP contribution in [0.4, 0.5) is 4.79 Å². The van der Waals surface area contributed by atoms with Crippen molar-refractivity contribution in [2.24, 2.45) is 5.73 Å². The molecule has 0 aromatic heterocycles. The van der Waals surface area contributed by atoms with E-state index in [2.05, 4.69) is 4.74 Å². The Bertz CT molecular complexity index is 743. The van der Waals surface area contributed by atoms with Gasteiger partial charge in [-0.1, -0.05) is 12.1 Å². The fourth-order valence-electron chi connectivity index (χ4n) is 2.06. The Morgan fingerprint density at radius 3 is 2.48 bits per heavy atom. The number of nitrogens with zero attached hydrogens (tertiary/aromatic N) is 1. The van der Waals surface area contributed by atoms with Crippen LogP contribution in [0.3, 0.4) is 0 Å². The number of primary amides is 1. The van der Waals surface area contributed by atoms with E-state index in [1.165, 1.54) is 20.1 Å². The minimum atomic E-state index is -0.993. The topological polar surface area (TPSA) is 116 Å². The maximum Gasteiger partial charge on any atom is 0.328 e. The summed E-state index contributed by atoms with van der Waals surface area (Å²) in [5, 5.41) is -0.532. The van der Waals surface area contributed by atoms with Gasteiger partial charge in [-0.3, -0.25) is 19.3 Å². The molecule has 2 N–H and O–H groups in total. The highest BCUT2D eigenvalue weighted by Gasteiger charge is 2.41. The molecule has 1 atom stereocenters. The molecule has 0 radical (unpaired) electrons. The summed E-state index contributed by atoms with van der Waals surface area (Å²) in [6.07, 6.45) is 1.53. The molecular weight excluding hydrogens is 348 g/mol. The number of hydrogen-bond acceptors (Lipinski definition) is 7. The fourth-order valence-corrected chi connectivity index (χ4v) is 2.96. The van der Waals surface area contributed by atoms with E-state index in [-0.39, 0.29) is 11.5 Å². The molecule has 0 unspecified atom stereocenters. The Hall–Kier alpha value is -2.81. The molecule has 0 aliphatic carbocycles. The first-order chi connectivity index (χ1) is 11.8. The highest BCUT2D eigenvalue weighted by atomic mass is 32.2. The summed E-state index contributed by atoms with van der Waals surface area (Å²) in [5.74, 6) is -1.36. The lowest BCUT2D eigenvalue weighted by Crippen LogP contribution is -2.42. The van der Waals surface area contributed by atoms with E-state index in [0.29, 0.717) is 11.3 Å². The van der Waals surface area contributed by atoms with Crippen LogP contribution in [0, 0.1) is 0 Å². The van der Waals surface area contributed by atoms with Gasteiger partial charge in [-0.25, -0.2) is 4.79 Å². The number of imide groups is 1. The number of methoxy groups -OCH3 is 1. The second-order valence-corrected chi connectivity index (χ2v) is 6.07. The largest absolute Gasteiger partial charge is 0.484 e. The third kappa shape index (κ3) is 4.38. The molecule has 0 spiro atoms. The van der Waals surface area contributed by atoms with Crippen LogP contribution in [0.1, 0.15) is 12.5 Å². The van der Waals surface area contributed by atoms with Crippen LogP contribution < -0.4 is 10.5 Å². The highest BCUT2D eigenvalue weighted by Crippen LogP contribution is 2.34. The van der Waals surface area contributed by atoms with Crippen LogP contribution in [0.15, 0.2) is 29.2 Å². The van der Waals surface area contributed by atoms with E-state index in [0.717, 1.165) is 16.7 Å². The number of thioether (sulfide) groups is 1. The van der Waals surface area contributed by atoms with Gasteiger partial charge >= 0.3 is 5.97 Å². The quantitative estimate of drug-likeness (QED) is 0.594. The molecule has 9 heteroatoms. The molecule has 0 saturated carbocycles. The number of hydrogen-bond donors (Lipinski definition) is 1. The predicted octanol–water partition coefficient (Wildman–Crippen LogP) is 1.15. The van der Waals surface area contributed by atoms with Gasteiger partial charge in [0, 0.05) is 0 Å². The van der Waals surface area contributed by atoms with E-state index >= 15 is 0 Å². The Kier molecular flexibility index (Phi) is 5.81. The van der Waals surface area contributed by atoms with Gasteiger partial charge in [-0.2, -0.15) is 0 Å². The number of ether oxygens (including phenoxy) is 2. The van der Waals surface area contributed by atoms with Crippen molar-refractivity contribution in [2.75, 3.05) is 13.7 Å². The normalized spacial score (nSPS) is 16.9. The third-order valence-corrected chi connectivity index (χ3v) is 4.20. The van der Waals surface area contributed by atoms with Crippen LogP contribution in [-0.2, 0) is 19.1 Å².